The minimum Gasteiger partial charge on any atom is -0.366 e. The van der Waals surface area contributed by atoms with Crippen LogP contribution >= 0.6 is 11.3 Å². The summed E-state index contributed by atoms with van der Waals surface area (Å²) in [4.78, 5) is 27.0. The number of hydrogen-bond donors (Lipinski definition) is 2. The first-order valence-corrected chi connectivity index (χ1v) is 6.53. The van der Waals surface area contributed by atoms with Crippen molar-refractivity contribution in [1.29, 1.82) is 0 Å². The number of aromatic nitrogens is 1. The summed E-state index contributed by atoms with van der Waals surface area (Å²) in [5.41, 5.74) is 6.94. The quantitative estimate of drug-likeness (QED) is 0.886. The third-order valence-electron chi connectivity index (χ3n) is 2.50. The maximum Gasteiger partial charge on any atom is 0.251 e. The normalized spacial score (nSPS) is 10.2. The van der Waals surface area contributed by atoms with E-state index in [0.717, 1.165) is 10.7 Å². The Morgan fingerprint density at radius 2 is 1.89 bits per heavy atom. The lowest BCUT2D eigenvalue weighted by molar-refractivity contribution is 0.0948. The van der Waals surface area contributed by atoms with E-state index in [4.69, 9.17) is 5.73 Å². The van der Waals surface area contributed by atoms with Crippen LogP contribution in [0.1, 0.15) is 31.4 Å². The standard InChI is InChI=1S/C13H13N3O2S/c1-8-7-19-11(16-8)6-15-13(18)10-4-2-9(3-5-10)12(14)17/h2-5,7H,6H2,1H3,(H2,14,17)(H,15,18). The van der Waals surface area contributed by atoms with Crippen LogP contribution in [-0.4, -0.2) is 16.8 Å². The summed E-state index contributed by atoms with van der Waals surface area (Å²) in [7, 11) is 0. The molecule has 1 heterocycles. The van der Waals surface area contributed by atoms with Crippen LogP contribution in [-0.2, 0) is 6.54 Å². The zero-order chi connectivity index (χ0) is 13.8. The molecule has 98 valence electrons. The van der Waals surface area contributed by atoms with Crippen molar-refractivity contribution in [3.63, 3.8) is 0 Å². The molecule has 0 atom stereocenters. The van der Waals surface area contributed by atoms with Crippen molar-refractivity contribution in [2.75, 3.05) is 0 Å². The molecule has 0 fully saturated rings. The van der Waals surface area contributed by atoms with E-state index in [1.807, 2.05) is 12.3 Å². The van der Waals surface area contributed by atoms with Gasteiger partial charge in [0.05, 0.1) is 6.54 Å². The number of hydrogen-bond acceptors (Lipinski definition) is 4. The number of rotatable bonds is 4. The number of primary amides is 1. The highest BCUT2D eigenvalue weighted by Gasteiger charge is 2.07. The average molecular weight is 275 g/mol. The van der Waals surface area contributed by atoms with Crippen molar-refractivity contribution in [2.24, 2.45) is 5.73 Å². The summed E-state index contributed by atoms with van der Waals surface area (Å²) in [6.07, 6.45) is 0. The Balaban J connectivity index is 1.98. The van der Waals surface area contributed by atoms with E-state index in [9.17, 15) is 9.59 Å². The van der Waals surface area contributed by atoms with E-state index in [-0.39, 0.29) is 5.91 Å². The van der Waals surface area contributed by atoms with Gasteiger partial charge in [0.25, 0.3) is 5.91 Å². The van der Waals surface area contributed by atoms with Crippen LogP contribution in [0.2, 0.25) is 0 Å². The number of nitrogens with zero attached hydrogens (tertiary/aromatic N) is 1. The molecule has 6 heteroatoms. The molecule has 0 saturated heterocycles. The van der Waals surface area contributed by atoms with Crippen LogP contribution in [0, 0.1) is 6.92 Å². The second-order valence-electron chi connectivity index (χ2n) is 4.01. The molecule has 0 saturated carbocycles. The Bertz CT molecular complexity index is 605. The number of carbonyl (C=O) groups is 2. The maximum absolute atomic E-state index is 11.9. The molecule has 0 radical (unpaired) electrons. The summed E-state index contributed by atoms with van der Waals surface area (Å²) in [6, 6.07) is 6.21. The molecule has 3 N–H and O–H groups in total. The molecule has 2 rings (SSSR count). The molecule has 2 amide bonds. The molecule has 0 aliphatic heterocycles. The van der Waals surface area contributed by atoms with Crippen molar-refractivity contribution in [3.8, 4) is 0 Å². The lowest BCUT2D eigenvalue weighted by Gasteiger charge is -2.03. The van der Waals surface area contributed by atoms with E-state index < -0.39 is 5.91 Å². The van der Waals surface area contributed by atoms with Gasteiger partial charge in [-0.3, -0.25) is 9.59 Å². The summed E-state index contributed by atoms with van der Waals surface area (Å²) >= 11 is 1.51. The number of thiazole rings is 1. The van der Waals surface area contributed by atoms with Gasteiger partial charge in [-0.15, -0.1) is 11.3 Å². The van der Waals surface area contributed by atoms with Gasteiger partial charge < -0.3 is 11.1 Å². The maximum atomic E-state index is 11.9. The Morgan fingerprint density at radius 1 is 1.26 bits per heavy atom. The molecule has 0 spiro atoms. The Morgan fingerprint density at radius 3 is 2.42 bits per heavy atom. The molecule has 0 bridgehead atoms. The number of amides is 2. The lowest BCUT2D eigenvalue weighted by atomic mass is 10.1. The molecule has 1 aromatic carbocycles. The van der Waals surface area contributed by atoms with Crippen LogP contribution in [0.5, 0.6) is 0 Å². The fraction of sp³-hybridized carbons (Fsp3) is 0.154. The second-order valence-corrected chi connectivity index (χ2v) is 4.95. The van der Waals surface area contributed by atoms with E-state index in [1.165, 1.54) is 23.5 Å². The van der Waals surface area contributed by atoms with Gasteiger partial charge in [0.1, 0.15) is 5.01 Å². The highest BCUT2D eigenvalue weighted by atomic mass is 32.1. The van der Waals surface area contributed by atoms with E-state index in [1.54, 1.807) is 12.1 Å². The lowest BCUT2D eigenvalue weighted by Crippen LogP contribution is -2.22. The van der Waals surface area contributed by atoms with Crippen LogP contribution in [0.4, 0.5) is 0 Å². The Kier molecular flexibility index (Phi) is 3.91. The molecule has 0 aliphatic carbocycles. The van der Waals surface area contributed by atoms with Gasteiger partial charge in [-0.1, -0.05) is 0 Å². The molecule has 19 heavy (non-hydrogen) atoms. The van der Waals surface area contributed by atoms with Crippen molar-refractivity contribution in [1.82, 2.24) is 10.3 Å². The van der Waals surface area contributed by atoms with Gasteiger partial charge in [-0.25, -0.2) is 4.98 Å². The topological polar surface area (TPSA) is 85.1 Å². The fourth-order valence-electron chi connectivity index (χ4n) is 1.53. The van der Waals surface area contributed by atoms with Gasteiger partial charge in [0.2, 0.25) is 5.91 Å². The first-order chi connectivity index (χ1) is 9.06. The summed E-state index contributed by atoms with van der Waals surface area (Å²) in [5, 5.41) is 5.56. The minimum absolute atomic E-state index is 0.205. The van der Waals surface area contributed by atoms with Crippen LogP contribution in [0.25, 0.3) is 0 Å². The molecule has 2 aromatic rings. The Hall–Kier alpha value is -2.21. The van der Waals surface area contributed by atoms with Gasteiger partial charge >= 0.3 is 0 Å². The minimum atomic E-state index is -0.509. The highest BCUT2D eigenvalue weighted by molar-refractivity contribution is 7.09. The SMILES string of the molecule is Cc1csc(CNC(=O)c2ccc(C(N)=O)cc2)n1. The number of aryl methyl sites for hydroxylation is 1. The van der Waals surface area contributed by atoms with Crippen molar-refractivity contribution in [3.05, 3.63) is 51.5 Å². The monoisotopic (exact) mass is 275 g/mol. The molecule has 0 aliphatic rings. The van der Waals surface area contributed by atoms with Gasteiger partial charge in [-0.05, 0) is 31.2 Å². The van der Waals surface area contributed by atoms with Gasteiger partial charge in [0, 0.05) is 22.2 Å². The summed E-state index contributed by atoms with van der Waals surface area (Å²) < 4.78 is 0. The predicted octanol–water partition coefficient (Wildman–Crippen LogP) is 1.48. The van der Waals surface area contributed by atoms with Crippen molar-refractivity contribution in [2.45, 2.75) is 13.5 Å². The van der Waals surface area contributed by atoms with Crippen molar-refractivity contribution < 1.29 is 9.59 Å². The Labute approximate surface area is 114 Å². The summed E-state index contributed by atoms with van der Waals surface area (Å²) in [6.45, 7) is 2.30. The molecular formula is C13H13N3O2S. The van der Waals surface area contributed by atoms with E-state index >= 15 is 0 Å². The van der Waals surface area contributed by atoms with Crippen LogP contribution in [0.3, 0.4) is 0 Å². The van der Waals surface area contributed by atoms with E-state index in [2.05, 4.69) is 10.3 Å². The average Bonchev–Trinajstić information content (AvgIpc) is 2.82. The molecule has 1 aromatic heterocycles. The first kappa shape index (κ1) is 13.2. The number of nitrogens with one attached hydrogen (secondary N) is 1. The van der Waals surface area contributed by atoms with Crippen LogP contribution < -0.4 is 11.1 Å². The predicted molar refractivity (Wildman–Crippen MR) is 73.0 cm³/mol. The fourth-order valence-corrected chi connectivity index (χ4v) is 2.24. The zero-order valence-corrected chi connectivity index (χ0v) is 11.2. The third-order valence-corrected chi connectivity index (χ3v) is 3.47. The van der Waals surface area contributed by atoms with E-state index in [0.29, 0.717) is 17.7 Å². The molecule has 5 nitrogen and oxygen atoms in total. The number of benzene rings is 1. The van der Waals surface area contributed by atoms with Gasteiger partial charge in [-0.2, -0.15) is 0 Å². The molecular weight excluding hydrogens is 262 g/mol. The molecule has 0 unspecified atom stereocenters. The zero-order valence-electron chi connectivity index (χ0n) is 10.3. The number of carbonyl (C=O) groups excluding carboxylic acids is 2. The number of nitrogens with two attached hydrogens (primary N) is 1. The first-order valence-electron chi connectivity index (χ1n) is 5.65. The summed E-state index contributed by atoms with van der Waals surface area (Å²) in [5.74, 6) is -0.714. The van der Waals surface area contributed by atoms with Gasteiger partial charge in [0.15, 0.2) is 0 Å². The van der Waals surface area contributed by atoms with Crippen LogP contribution in [0.15, 0.2) is 29.6 Å². The largest absolute Gasteiger partial charge is 0.366 e. The smallest absolute Gasteiger partial charge is 0.251 e. The van der Waals surface area contributed by atoms with Crippen molar-refractivity contribution >= 4 is 23.2 Å². The highest BCUT2D eigenvalue weighted by Crippen LogP contribution is 2.09. The second kappa shape index (κ2) is 5.62. The third kappa shape index (κ3) is 3.38.